The highest BCUT2D eigenvalue weighted by Crippen LogP contribution is 2.27. The van der Waals surface area contributed by atoms with Crippen molar-refractivity contribution in [2.75, 3.05) is 24.4 Å². The molecule has 134 valence electrons. The van der Waals surface area contributed by atoms with Gasteiger partial charge >= 0.3 is 5.97 Å². The van der Waals surface area contributed by atoms with Crippen LogP contribution in [0.4, 0.5) is 11.4 Å². The smallest absolute Gasteiger partial charge is 0.329 e. The minimum absolute atomic E-state index is 0.217. The van der Waals surface area contributed by atoms with Crippen molar-refractivity contribution in [1.29, 1.82) is 0 Å². The van der Waals surface area contributed by atoms with Crippen molar-refractivity contribution in [3.8, 4) is 5.75 Å². The molecule has 1 heterocycles. The largest absolute Gasteiger partial charge is 0.495 e. The summed E-state index contributed by atoms with van der Waals surface area (Å²) in [5.41, 5.74) is 0.804. The molecule has 0 radical (unpaired) electrons. The minimum atomic E-state index is -0.710. The predicted octanol–water partition coefficient (Wildman–Crippen LogP) is 0.414. The average molecular weight is 349 g/mol. The Balaban J connectivity index is 1.93. The van der Waals surface area contributed by atoms with Gasteiger partial charge in [0.25, 0.3) is 5.91 Å². The fourth-order valence-electron chi connectivity index (χ4n) is 2.30. The van der Waals surface area contributed by atoms with E-state index in [-0.39, 0.29) is 18.2 Å². The highest BCUT2D eigenvalue weighted by molar-refractivity contribution is 5.96. The molecule has 0 saturated carbocycles. The number of anilines is 2. The molecule has 1 aliphatic heterocycles. The predicted molar refractivity (Wildman–Crippen MR) is 88.1 cm³/mol. The van der Waals surface area contributed by atoms with Gasteiger partial charge in [-0.05, 0) is 24.6 Å². The second-order valence-corrected chi connectivity index (χ2v) is 5.41. The molecule has 0 spiro atoms. The SMILES string of the molecule is COc1ccc(NC(C)=O)cc1NC(=O)COC(=O)[C@H]1CCC(=O)N1. The molecule has 9 nitrogen and oxygen atoms in total. The van der Waals surface area contributed by atoms with Crippen molar-refractivity contribution in [3.63, 3.8) is 0 Å². The number of hydrogen-bond acceptors (Lipinski definition) is 6. The van der Waals surface area contributed by atoms with Crippen molar-refractivity contribution in [2.24, 2.45) is 0 Å². The standard InChI is InChI=1S/C16H19N3O6/c1-9(20)17-10-3-5-13(24-2)12(7-10)19-15(22)8-25-16(23)11-4-6-14(21)18-11/h3,5,7,11H,4,6,8H2,1-2H3,(H,17,20)(H,18,21)(H,19,22)/t11-/m1/s1. The van der Waals surface area contributed by atoms with Gasteiger partial charge in [-0.25, -0.2) is 4.79 Å². The van der Waals surface area contributed by atoms with Gasteiger partial charge in [0.05, 0.1) is 12.8 Å². The number of ether oxygens (including phenoxy) is 2. The van der Waals surface area contributed by atoms with E-state index in [0.717, 1.165) is 0 Å². The number of rotatable bonds is 6. The molecule has 9 heteroatoms. The molecule has 1 aromatic rings. The summed E-state index contributed by atoms with van der Waals surface area (Å²) in [4.78, 5) is 45.9. The second kappa shape index (κ2) is 8.13. The lowest BCUT2D eigenvalue weighted by Crippen LogP contribution is -2.36. The van der Waals surface area contributed by atoms with Crippen LogP contribution in [0, 0.1) is 0 Å². The molecule has 3 amide bonds. The molecule has 3 N–H and O–H groups in total. The highest BCUT2D eigenvalue weighted by atomic mass is 16.5. The molecule has 0 bridgehead atoms. The first kappa shape index (κ1) is 18.2. The third-order valence-electron chi connectivity index (χ3n) is 3.42. The molecule has 1 atom stereocenters. The second-order valence-electron chi connectivity index (χ2n) is 5.41. The monoisotopic (exact) mass is 349 g/mol. The maximum atomic E-state index is 12.0. The van der Waals surface area contributed by atoms with E-state index in [2.05, 4.69) is 16.0 Å². The van der Waals surface area contributed by atoms with Crippen molar-refractivity contribution in [1.82, 2.24) is 5.32 Å². The van der Waals surface area contributed by atoms with E-state index < -0.39 is 24.5 Å². The van der Waals surface area contributed by atoms with Gasteiger partial charge < -0.3 is 25.4 Å². The molecule has 1 fully saturated rings. The zero-order chi connectivity index (χ0) is 18.4. The Bertz CT molecular complexity index is 703. The Hall–Kier alpha value is -3.10. The van der Waals surface area contributed by atoms with E-state index in [1.807, 2.05) is 0 Å². The van der Waals surface area contributed by atoms with Gasteiger partial charge in [-0.1, -0.05) is 0 Å². The zero-order valence-electron chi connectivity index (χ0n) is 13.9. The topological polar surface area (TPSA) is 123 Å². The van der Waals surface area contributed by atoms with Gasteiger partial charge in [-0.3, -0.25) is 14.4 Å². The zero-order valence-corrected chi connectivity index (χ0v) is 13.9. The summed E-state index contributed by atoms with van der Waals surface area (Å²) in [6.07, 6.45) is 0.616. The molecular weight excluding hydrogens is 330 g/mol. The number of carbonyl (C=O) groups is 4. The number of benzene rings is 1. The summed E-state index contributed by atoms with van der Waals surface area (Å²) in [6, 6.07) is 4.02. The quantitative estimate of drug-likeness (QED) is 0.640. The molecule has 0 aromatic heterocycles. The summed E-state index contributed by atoms with van der Waals surface area (Å²) in [5.74, 6) is -1.31. The summed E-state index contributed by atoms with van der Waals surface area (Å²) in [6.45, 7) is 0.864. The first-order chi connectivity index (χ1) is 11.9. The van der Waals surface area contributed by atoms with Crippen LogP contribution in [0.25, 0.3) is 0 Å². The van der Waals surface area contributed by atoms with E-state index in [0.29, 0.717) is 23.5 Å². The van der Waals surface area contributed by atoms with Gasteiger partial charge in [0.1, 0.15) is 11.8 Å². The Morgan fingerprint density at radius 1 is 1.28 bits per heavy atom. The summed E-state index contributed by atoms with van der Waals surface area (Å²) >= 11 is 0. The highest BCUT2D eigenvalue weighted by Gasteiger charge is 2.28. The number of esters is 1. The Labute approximate surface area is 144 Å². The first-order valence-corrected chi connectivity index (χ1v) is 7.60. The normalized spacial score (nSPS) is 15.9. The van der Waals surface area contributed by atoms with E-state index in [4.69, 9.17) is 9.47 Å². The van der Waals surface area contributed by atoms with Crippen molar-refractivity contribution >= 4 is 35.1 Å². The Kier molecular flexibility index (Phi) is 5.93. The summed E-state index contributed by atoms with van der Waals surface area (Å²) in [7, 11) is 1.44. The van der Waals surface area contributed by atoms with Crippen molar-refractivity contribution in [3.05, 3.63) is 18.2 Å². The van der Waals surface area contributed by atoms with Crippen LogP contribution in [0.2, 0.25) is 0 Å². The minimum Gasteiger partial charge on any atom is -0.495 e. The summed E-state index contributed by atoms with van der Waals surface area (Å²) < 4.78 is 10.0. The van der Waals surface area contributed by atoms with Crippen LogP contribution < -0.4 is 20.7 Å². The maximum Gasteiger partial charge on any atom is 0.329 e. The average Bonchev–Trinajstić information content (AvgIpc) is 2.99. The van der Waals surface area contributed by atoms with Crippen LogP contribution in [0.15, 0.2) is 18.2 Å². The molecule has 0 aliphatic carbocycles. The lowest BCUT2D eigenvalue weighted by molar-refractivity contribution is -0.149. The molecule has 0 unspecified atom stereocenters. The molecule has 25 heavy (non-hydrogen) atoms. The van der Waals surface area contributed by atoms with E-state index in [9.17, 15) is 19.2 Å². The number of nitrogens with one attached hydrogen (secondary N) is 3. The van der Waals surface area contributed by atoms with Gasteiger partial charge in [0.2, 0.25) is 11.8 Å². The maximum absolute atomic E-state index is 12.0. The van der Waals surface area contributed by atoms with Crippen molar-refractivity contribution in [2.45, 2.75) is 25.8 Å². The Morgan fingerprint density at radius 3 is 2.64 bits per heavy atom. The molecule has 2 rings (SSSR count). The molecule has 1 aliphatic rings. The number of carbonyl (C=O) groups excluding carboxylic acids is 4. The summed E-state index contributed by atoms with van der Waals surface area (Å²) in [5, 5.41) is 7.61. The van der Waals surface area contributed by atoms with Crippen LogP contribution >= 0.6 is 0 Å². The lowest BCUT2D eigenvalue weighted by atomic mass is 10.2. The van der Waals surface area contributed by atoms with Gasteiger partial charge in [-0.15, -0.1) is 0 Å². The van der Waals surface area contributed by atoms with E-state index >= 15 is 0 Å². The first-order valence-electron chi connectivity index (χ1n) is 7.60. The molecular formula is C16H19N3O6. The Morgan fingerprint density at radius 2 is 2.04 bits per heavy atom. The third kappa shape index (κ3) is 5.20. The van der Waals surface area contributed by atoms with Gasteiger partial charge in [0.15, 0.2) is 6.61 Å². The van der Waals surface area contributed by atoms with Gasteiger partial charge in [0, 0.05) is 19.0 Å². The van der Waals surface area contributed by atoms with Gasteiger partial charge in [-0.2, -0.15) is 0 Å². The molecule has 1 saturated heterocycles. The third-order valence-corrected chi connectivity index (χ3v) is 3.42. The fourth-order valence-corrected chi connectivity index (χ4v) is 2.30. The number of methoxy groups -OCH3 is 1. The van der Waals surface area contributed by atoms with Crippen LogP contribution in [-0.2, 0) is 23.9 Å². The van der Waals surface area contributed by atoms with E-state index in [1.54, 1.807) is 12.1 Å². The lowest BCUT2D eigenvalue weighted by Gasteiger charge is -2.13. The fraction of sp³-hybridized carbons (Fsp3) is 0.375. The van der Waals surface area contributed by atoms with Crippen LogP contribution in [0.5, 0.6) is 5.75 Å². The molecule has 1 aromatic carbocycles. The van der Waals surface area contributed by atoms with Crippen molar-refractivity contribution < 1.29 is 28.7 Å². The number of amides is 3. The number of hydrogen-bond donors (Lipinski definition) is 3. The van der Waals surface area contributed by atoms with Crippen LogP contribution in [0.1, 0.15) is 19.8 Å². The van der Waals surface area contributed by atoms with Crippen LogP contribution in [-0.4, -0.2) is 43.4 Å². The van der Waals surface area contributed by atoms with Crippen LogP contribution in [0.3, 0.4) is 0 Å². The van der Waals surface area contributed by atoms with E-state index in [1.165, 1.54) is 20.1 Å².